The zero-order chi connectivity index (χ0) is 12.5. The maximum Gasteiger partial charge on any atom is 0.433 e. The summed E-state index contributed by atoms with van der Waals surface area (Å²) in [6.07, 6.45) is -2.23. The molecule has 2 rings (SSSR count). The van der Waals surface area contributed by atoms with Crippen LogP contribution in [0.25, 0.3) is 11.4 Å². The fourth-order valence-corrected chi connectivity index (χ4v) is 1.21. The van der Waals surface area contributed by atoms with Gasteiger partial charge in [0, 0.05) is 24.0 Å². The van der Waals surface area contributed by atoms with Gasteiger partial charge in [0.1, 0.15) is 5.69 Å². The molecule has 0 bridgehead atoms. The largest absolute Gasteiger partial charge is 0.433 e. The van der Waals surface area contributed by atoms with Crippen molar-refractivity contribution >= 4 is 0 Å². The van der Waals surface area contributed by atoms with Crippen molar-refractivity contribution in [2.45, 2.75) is 6.18 Å². The molecule has 0 radical (unpaired) electrons. The molecule has 1 N–H and O–H groups in total. The minimum absolute atomic E-state index is 0.0870. The van der Waals surface area contributed by atoms with Gasteiger partial charge in [-0.15, -0.1) is 0 Å². The number of nitrogens with zero attached hydrogens (tertiary/aromatic N) is 2. The van der Waals surface area contributed by atoms with E-state index in [0.29, 0.717) is 5.56 Å². The Morgan fingerprint density at radius 2 is 1.94 bits per heavy atom. The summed E-state index contributed by atoms with van der Waals surface area (Å²) in [7, 11) is 0. The molecule has 0 aliphatic heterocycles. The summed E-state index contributed by atoms with van der Waals surface area (Å²) in [5.41, 5.74) is -1.05. The smallest absolute Gasteiger partial charge is 0.328 e. The van der Waals surface area contributed by atoms with E-state index in [1.165, 1.54) is 18.3 Å². The van der Waals surface area contributed by atoms with Gasteiger partial charge in [-0.1, -0.05) is 0 Å². The van der Waals surface area contributed by atoms with Crippen LogP contribution >= 0.6 is 0 Å². The molecule has 4 nitrogen and oxygen atoms in total. The molecule has 2 aromatic rings. The highest BCUT2D eigenvalue weighted by Crippen LogP contribution is 2.28. The molecule has 0 saturated carbocycles. The van der Waals surface area contributed by atoms with E-state index in [1.54, 1.807) is 0 Å². The van der Waals surface area contributed by atoms with Crippen molar-refractivity contribution in [3.8, 4) is 11.4 Å². The molecular weight excluding hydrogens is 235 g/mol. The monoisotopic (exact) mass is 241 g/mol. The van der Waals surface area contributed by atoms with Crippen LogP contribution in [0, 0.1) is 0 Å². The first-order chi connectivity index (χ1) is 7.97. The molecule has 0 aliphatic rings. The van der Waals surface area contributed by atoms with E-state index in [4.69, 9.17) is 0 Å². The lowest BCUT2D eigenvalue weighted by atomic mass is 10.2. The predicted molar refractivity (Wildman–Crippen MR) is 53.1 cm³/mol. The number of H-pyrrole nitrogens is 1. The minimum atomic E-state index is -4.51. The summed E-state index contributed by atoms with van der Waals surface area (Å²) in [4.78, 5) is 20.2. The van der Waals surface area contributed by atoms with E-state index in [9.17, 15) is 18.0 Å². The van der Waals surface area contributed by atoms with Crippen LogP contribution in [0.4, 0.5) is 13.2 Å². The van der Waals surface area contributed by atoms with Gasteiger partial charge < -0.3 is 4.98 Å². The molecule has 0 aromatic carbocycles. The van der Waals surface area contributed by atoms with Crippen LogP contribution in [0.3, 0.4) is 0 Å². The SMILES string of the molecule is O=c1ccc(-c2nccc(C(F)(F)F)n2)c[nH]1. The summed E-state index contributed by atoms with van der Waals surface area (Å²) in [5, 5.41) is 0. The molecule has 0 aliphatic carbocycles. The minimum Gasteiger partial charge on any atom is -0.328 e. The fraction of sp³-hybridized carbons (Fsp3) is 0.100. The number of rotatable bonds is 1. The van der Waals surface area contributed by atoms with Crippen LogP contribution in [0.2, 0.25) is 0 Å². The van der Waals surface area contributed by atoms with Gasteiger partial charge >= 0.3 is 6.18 Å². The predicted octanol–water partition coefficient (Wildman–Crippen LogP) is 1.85. The van der Waals surface area contributed by atoms with E-state index >= 15 is 0 Å². The molecule has 88 valence electrons. The Morgan fingerprint density at radius 1 is 1.18 bits per heavy atom. The molecule has 0 amide bonds. The Hall–Kier alpha value is -2.18. The van der Waals surface area contributed by atoms with Crippen molar-refractivity contribution in [1.29, 1.82) is 0 Å². The van der Waals surface area contributed by atoms with Gasteiger partial charge in [-0.05, 0) is 12.1 Å². The van der Waals surface area contributed by atoms with Crippen molar-refractivity contribution < 1.29 is 13.2 Å². The second-order valence-corrected chi connectivity index (χ2v) is 3.20. The first-order valence-corrected chi connectivity index (χ1v) is 4.56. The van der Waals surface area contributed by atoms with E-state index in [2.05, 4.69) is 15.0 Å². The number of hydrogen-bond donors (Lipinski definition) is 1. The van der Waals surface area contributed by atoms with Gasteiger partial charge in [0.15, 0.2) is 5.82 Å². The van der Waals surface area contributed by atoms with Crippen LogP contribution in [0.15, 0.2) is 35.4 Å². The van der Waals surface area contributed by atoms with Gasteiger partial charge in [-0.2, -0.15) is 13.2 Å². The van der Waals surface area contributed by atoms with Crippen molar-refractivity contribution in [2.24, 2.45) is 0 Å². The first-order valence-electron chi connectivity index (χ1n) is 4.56. The van der Waals surface area contributed by atoms with Crippen LogP contribution in [-0.4, -0.2) is 15.0 Å². The Bertz CT molecular complexity index is 571. The number of aromatic nitrogens is 3. The van der Waals surface area contributed by atoms with Crippen molar-refractivity contribution in [1.82, 2.24) is 15.0 Å². The number of nitrogens with one attached hydrogen (secondary N) is 1. The Labute approximate surface area is 93.2 Å². The number of pyridine rings is 1. The van der Waals surface area contributed by atoms with Crippen molar-refractivity contribution in [2.75, 3.05) is 0 Å². The Morgan fingerprint density at radius 3 is 2.53 bits per heavy atom. The van der Waals surface area contributed by atoms with Crippen LogP contribution in [0.5, 0.6) is 0 Å². The lowest BCUT2D eigenvalue weighted by Crippen LogP contribution is -2.09. The maximum absolute atomic E-state index is 12.4. The standard InChI is InChI=1S/C10H6F3N3O/c11-10(12,13)7-3-4-14-9(16-7)6-1-2-8(17)15-5-6/h1-5H,(H,15,17). The number of hydrogen-bond acceptors (Lipinski definition) is 3. The summed E-state index contributed by atoms with van der Waals surface area (Å²) in [6.45, 7) is 0. The van der Waals surface area contributed by atoms with Gasteiger partial charge in [-0.3, -0.25) is 4.79 Å². The number of aromatic amines is 1. The quantitative estimate of drug-likeness (QED) is 0.828. The van der Waals surface area contributed by atoms with Gasteiger partial charge in [0.25, 0.3) is 0 Å². The van der Waals surface area contributed by atoms with E-state index in [0.717, 1.165) is 12.3 Å². The summed E-state index contributed by atoms with van der Waals surface area (Å²) in [5.74, 6) is -0.0870. The van der Waals surface area contributed by atoms with Crippen LogP contribution in [-0.2, 0) is 6.18 Å². The van der Waals surface area contributed by atoms with Crippen LogP contribution in [0.1, 0.15) is 5.69 Å². The third kappa shape index (κ3) is 2.49. The van der Waals surface area contributed by atoms with Gasteiger partial charge in [0.2, 0.25) is 5.56 Å². The molecule has 2 aromatic heterocycles. The topological polar surface area (TPSA) is 58.6 Å². The van der Waals surface area contributed by atoms with E-state index < -0.39 is 11.9 Å². The summed E-state index contributed by atoms with van der Waals surface area (Å²) < 4.78 is 37.2. The molecule has 0 unspecified atom stereocenters. The highest BCUT2D eigenvalue weighted by Gasteiger charge is 2.32. The first kappa shape index (κ1) is 11.3. The third-order valence-corrected chi connectivity index (χ3v) is 1.99. The van der Waals surface area contributed by atoms with E-state index in [1.807, 2.05) is 0 Å². The molecule has 2 heterocycles. The molecule has 0 fully saturated rings. The molecular formula is C10H6F3N3O. The lowest BCUT2D eigenvalue weighted by Gasteiger charge is -2.06. The average molecular weight is 241 g/mol. The zero-order valence-corrected chi connectivity index (χ0v) is 8.32. The third-order valence-electron chi connectivity index (χ3n) is 1.99. The molecule has 0 atom stereocenters. The fourth-order valence-electron chi connectivity index (χ4n) is 1.21. The van der Waals surface area contributed by atoms with Gasteiger partial charge in [0.05, 0.1) is 0 Å². The van der Waals surface area contributed by atoms with Crippen LogP contribution < -0.4 is 5.56 Å². The normalized spacial score (nSPS) is 11.5. The highest BCUT2D eigenvalue weighted by molar-refractivity contribution is 5.52. The molecule has 0 spiro atoms. The zero-order valence-electron chi connectivity index (χ0n) is 8.32. The van der Waals surface area contributed by atoms with E-state index in [-0.39, 0.29) is 11.4 Å². The highest BCUT2D eigenvalue weighted by atomic mass is 19.4. The second kappa shape index (κ2) is 4.00. The van der Waals surface area contributed by atoms with Crippen molar-refractivity contribution in [3.63, 3.8) is 0 Å². The molecule has 0 saturated heterocycles. The summed E-state index contributed by atoms with van der Waals surface area (Å²) in [6, 6.07) is 3.34. The number of alkyl halides is 3. The van der Waals surface area contributed by atoms with Crippen molar-refractivity contribution in [3.05, 3.63) is 46.6 Å². The number of halogens is 3. The molecule has 17 heavy (non-hydrogen) atoms. The Kier molecular flexibility index (Phi) is 2.66. The van der Waals surface area contributed by atoms with Gasteiger partial charge in [-0.25, -0.2) is 9.97 Å². The molecule has 7 heteroatoms. The summed E-state index contributed by atoms with van der Waals surface area (Å²) >= 11 is 0. The lowest BCUT2D eigenvalue weighted by molar-refractivity contribution is -0.141. The Balaban J connectivity index is 2.47. The average Bonchev–Trinajstić information content (AvgIpc) is 2.29. The second-order valence-electron chi connectivity index (χ2n) is 3.20. The maximum atomic E-state index is 12.4.